The average molecular weight is 527 g/mol. The van der Waals surface area contributed by atoms with Crippen molar-refractivity contribution in [3.05, 3.63) is 41.3 Å². The molecule has 2 aromatic heterocycles. The number of nitrogens with one attached hydrogen (secondary N) is 1. The minimum absolute atomic E-state index is 0.0427. The van der Waals surface area contributed by atoms with Gasteiger partial charge in [0.2, 0.25) is 0 Å². The minimum Gasteiger partial charge on any atom is -0.467 e. The molecule has 3 heterocycles. The molecule has 1 aliphatic rings. The molecule has 206 valence electrons. The number of rotatable bonds is 14. The van der Waals surface area contributed by atoms with Crippen LogP contribution in [0.15, 0.2) is 24.5 Å². The second-order valence-corrected chi connectivity index (χ2v) is 9.24. The van der Waals surface area contributed by atoms with E-state index in [2.05, 4.69) is 27.4 Å². The monoisotopic (exact) mass is 526 g/mol. The number of hydrogen-bond donors (Lipinski definition) is 1. The molecule has 0 radical (unpaired) electrons. The van der Waals surface area contributed by atoms with Gasteiger partial charge in [0.25, 0.3) is 0 Å². The average Bonchev–Trinajstić information content (AvgIpc) is 3.16. The fourth-order valence-corrected chi connectivity index (χ4v) is 4.59. The van der Waals surface area contributed by atoms with Crippen molar-refractivity contribution in [1.82, 2.24) is 15.0 Å². The highest BCUT2D eigenvalue weighted by Crippen LogP contribution is 2.31. The van der Waals surface area contributed by atoms with Crippen molar-refractivity contribution < 1.29 is 28.6 Å². The third-order valence-electron chi connectivity index (χ3n) is 6.53. The van der Waals surface area contributed by atoms with Gasteiger partial charge in [0.05, 0.1) is 20.3 Å². The van der Waals surface area contributed by atoms with Crippen LogP contribution in [0.2, 0.25) is 0 Å². The molecular weight excluding hydrogens is 488 g/mol. The Morgan fingerprint density at radius 2 is 1.71 bits per heavy atom. The quantitative estimate of drug-likeness (QED) is 0.220. The summed E-state index contributed by atoms with van der Waals surface area (Å²) in [6, 6.07) is 4.36. The first-order valence-corrected chi connectivity index (χ1v) is 13.4. The van der Waals surface area contributed by atoms with Gasteiger partial charge in [-0.25, -0.2) is 15.0 Å². The van der Waals surface area contributed by atoms with Crippen LogP contribution in [-0.2, 0) is 36.7 Å². The Morgan fingerprint density at radius 3 is 2.37 bits per heavy atom. The number of methoxy groups -OCH3 is 1. The van der Waals surface area contributed by atoms with Gasteiger partial charge < -0.3 is 19.5 Å². The molecule has 0 amide bonds. The van der Waals surface area contributed by atoms with Crippen molar-refractivity contribution in [1.29, 1.82) is 0 Å². The van der Waals surface area contributed by atoms with Gasteiger partial charge in [0, 0.05) is 43.4 Å². The molecule has 0 fully saturated rings. The molecule has 0 bridgehead atoms. The third-order valence-corrected chi connectivity index (χ3v) is 6.53. The van der Waals surface area contributed by atoms with Crippen molar-refractivity contribution >= 4 is 23.5 Å². The number of fused-ring (bicyclic) bond motifs is 1. The maximum atomic E-state index is 13.1. The van der Waals surface area contributed by atoms with E-state index in [0.29, 0.717) is 18.4 Å². The van der Waals surface area contributed by atoms with Crippen LogP contribution in [0, 0.1) is 5.92 Å². The van der Waals surface area contributed by atoms with Gasteiger partial charge in [-0.3, -0.25) is 14.4 Å². The van der Waals surface area contributed by atoms with Gasteiger partial charge in [-0.2, -0.15) is 0 Å². The van der Waals surface area contributed by atoms with Gasteiger partial charge in [-0.15, -0.1) is 0 Å². The van der Waals surface area contributed by atoms with Crippen LogP contribution in [-0.4, -0.2) is 59.5 Å². The van der Waals surface area contributed by atoms with Crippen LogP contribution in [0.25, 0.3) is 0 Å². The van der Waals surface area contributed by atoms with E-state index in [1.807, 2.05) is 0 Å². The molecule has 0 saturated heterocycles. The first-order chi connectivity index (χ1) is 18.5. The van der Waals surface area contributed by atoms with E-state index in [1.54, 1.807) is 13.8 Å². The number of aryl methyl sites for hydroxylation is 2. The van der Waals surface area contributed by atoms with E-state index in [0.717, 1.165) is 43.7 Å². The second kappa shape index (κ2) is 15.0. The SMILES string of the molecule is CCOC(=O)C(C(=O)OCC)C(CC(=O)CCCCc1ccc2c(n1)NCCCC2)c1cnc(OC)nc1. The first-order valence-electron chi connectivity index (χ1n) is 13.4. The zero-order chi connectivity index (χ0) is 27.3. The lowest BCUT2D eigenvalue weighted by Gasteiger charge is -2.24. The van der Waals surface area contributed by atoms with Gasteiger partial charge in [-0.1, -0.05) is 6.07 Å². The highest BCUT2D eigenvalue weighted by atomic mass is 16.6. The maximum absolute atomic E-state index is 13.1. The molecule has 10 heteroatoms. The van der Waals surface area contributed by atoms with Crippen LogP contribution in [0.4, 0.5) is 5.82 Å². The molecule has 1 aliphatic heterocycles. The van der Waals surface area contributed by atoms with Crippen molar-refractivity contribution in [2.45, 2.75) is 71.1 Å². The number of esters is 2. The predicted octanol–water partition coefficient (Wildman–Crippen LogP) is 3.83. The van der Waals surface area contributed by atoms with Crippen molar-refractivity contribution in [2.24, 2.45) is 5.92 Å². The number of pyridine rings is 1. The Bertz CT molecular complexity index is 1060. The zero-order valence-corrected chi connectivity index (χ0v) is 22.5. The third kappa shape index (κ3) is 8.22. The van der Waals surface area contributed by atoms with Crippen LogP contribution >= 0.6 is 0 Å². The summed E-state index contributed by atoms with van der Waals surface area (Å²) in [6.45, 7) is 4.45. The second-order valence-electron chi connectivity index (χ2n) is 9.24. The Morgan fingerprint density at radius 1 is 1.00 bits per heavy atom. The molecule has 38 heavy (non-hydrogen) atoms. The summed E-state index contributed by atoms with van der Waals surface area (Å²) in [5.74, 6) is -2.67. The number of ketones is 1. The topological polar surface area (TPSA) is 130 Å². The Kier molecular flexibility index (Phi) is 11.4. The van der Waals surface area contributed by atoms with Crippen LogP contribution in [0.3, 0.4) is 0 Å². The van der Waals surface area contributed by atoms with Crippen LogP contribution in [0.5, 0.6) is 6.01 Å². The van der Waals surface area contributed by atoms with Gasteiger partial charge in [-0.05, 0) is 69.6 Å². The number of Topliss-reactive ketones (excluding diaryl/α,β-unsaturated/α-hetero) is 1. The molecule has 1 unspecified atom stereocenters. The maximum Gasteiger partial charge on any atom is 0.320 e. The van der Waals surface area contributed by atoms with Crippen LogP contribution < -0.4 is 10.1 Å². The number of carbonyl (C=O) groups excluding carboxylic acids is 3. The van der Waals surface area contributed by atoms with Gasteiger partial charge in [0.1, 0.15) is 11.6 Å². The highest BCUT2D eigenvalue weighted by molar-refractivity contribution is 5.97. The number of unbranched alkanes of at least 4 members (excludes halogenated alkanes) is 1. The predicted molar refractivity (Wildman–Crippen MR) is 141 cm³/mol. The number of nitrogens with zero attached hydrogens (tertiary/aromatic N) is 3. The van der Waals surface area contributed by atoms with Gasteiger partial charge in [0.15, 0.2) is 5.92 Å². The van der Waals surface area contributed by atoms with Gasteiger partial charge >= 0.3 is 17.9 Å². The van der Waals surface area contributed by atoms with E-state index in [9.17, 15) is 14.4 Å². The van der Waals surface area contributed by atoms with Crippen molar-refractivity contribution in [2.75, 3.05) is 32.2 Å². The lowest BCUT2D eigenvalue weighted by atomic mass is 9.82. The fraction of sp³-hybridized carbons (Fsp3) is 0.571. The number of ether oxygens (including phenoxy) is 3. The summed E-state index contributed by atoms with van der Waals surface area (Å²) in [6.07, 6.45) is 8.79. The Labute approximate surface area is 223 Å². The molecule has 2 aromatic rings. The highest BCUT2D eigenvalue weighted by Gasteiger charge is 2.39. The molecule has 0 aromatic carbocycles. The molecule has 1 atom stereocenters. The molecule has 1 N–H and O–H groups in total. The normalized spacial score (nSPS) is 13.6. The lowest BCUT2D eigenvalue weighted by Crippen LogP contribution is -2.34. The number of carbonyl (C=O) groups is 3. The largest absolute Gasteiger partial charge is 0.467 e. The van der Waals surface area contributed by atoms with E-state index < -0.39 is 23.8 Å². The van der Waals surface area contributed by atoms with E-state index in [1.165, 1.54) is 31.5 Å². The minimum atomic E-state index is -1.30. The van der Waals surface area contributed by atoms with E-state index in [4.69, 9.17) is 19.2 Å². The Balaban J connectivity index is 1.66. The summed E-state index contributed by atoms with van der Waals surface area (Å²) in [5.41, 5.74) is 2.73. The molecular formula is C28H38N4O6. The van der Waals surface area contributed by atoms with E-state index in [-0.39, 0.29) is 31.4 Å². The lowest BCUT2D eigenvalue weighted by molar-refractivity contribution is -0.162. The summed E-state index contributed by atoms with van der Waals surface area (Å²) in [5, 5.41) is 3.41. The summed E-state index contributed by atoms with van der Waals surface area (Å²) in [4.78, 5) is 51.6. The van der Waals surface area contributed by atoms with Crippen LogP contribution in [0.1, 0.15) is 75.1 Å². The fourth-order valence-electron chi connectivity index (χ4n) is 4.59. The molecule has 10 nitrogen and oxygen atoms in total. The van der Waals surface area contributed by atoms with Crippen molar-refractivity contribution in [3.8, 4) is 6.01 Å². The Hall–Kier alpha value is -3.56. The standard InChI is InChI=1S/C28H38N4O6/c1-4-37-26(34)24(27(35)38-5-2)23(20-17-30-28(36-3)31-18-20)16-22(33)12-7-6-11-21-14-13-19-10-8-9-15-29-25(19)32-21/h13-14,17-18,23-24H,4-12,15-16H2,1-3H3,(H,29,32). The zero-order valence-electron chi connectivity index (χ0n) is 22.5. The molecule has 0 saturated carbocycles. The molecule has 3 rings (SSSR count). The number of hydrogen-bond acceptors (Lipinski definition) is 10. The first kappa shape index (κ1) is 29.0. The molecule has 0 aliphatic carbocycles. The number of aromatic nitrogens is 3. The van der Waals surface area contributed by atoms with E-state index >= 15 is 0 Å². The summed E-state index contributed by atoms with van der Waals surface area (Å²) < 4.78 is 15.4. The summed E-state index contributed by atoms with van der Waals surface area (Å²) in [7, 11) is 1.44. The summed E-state index contributed by atoms with van der Waals surface area (Å²) >= 11 is 0. The smallest absolute Gasteiger partial charge is 0.320 e. The number of anilines is 1. The van der Waals surface area contributed by atoms with Crippen molar-refractivity contribution in [3.63, 3.8) is 0 Å². The molecule has 0 spiro atoms.